The summed E-state index contributed by atoms with van der Waals surface area (Å²) in [6.07, 6.45) is 7.57. The van der Waals surface area contributed by atoms with E-state index in [9.17, 15) is 0 Å². The lowest BCUT2D eigenvalue weighted by atomic mass is 9.95. The average Bonchev–Trinajstić information content (AvgIpc) is 2.61. The van der Waals surface area contributed by atoms with Crippen molar-refractivity contribution in [2.45, 2.75) is 58.5 Å². The molecule has 1 aromatic heterocycles. The van der Waals surface area contributed by atoms with Gasteiger partial charge in [0.15, 0.2) is 0 Å². The quantitative estimate of drug-likeness (QED) is 0.803. The van der Waals surface area contributed by atoms with Gasteiger partial charge in [-0.1, -0.05) is 20.3 Å². The van der Waals surface area contributed by atoms with Crippen molar-refractivity contribution in [2.75, 3.05) is 0 Å². The summed E-state index contributed by atoms with van der Waals surface area (Å²) in [5, 5.41) is 7.96. The van der Waals surface area contributed by atoms with E-state index >= 15 is 0 Å². The molecule has 0 fully saturated rings. The van der Waals surface area contributed by atoms with Crippen molar-refractivity contribution in [2.24, 2.45) is 7.05 Å². The Bertz CT molecular complexity index is 315. The second kappa shape index (κ2) is 5.48. The Balaban J connectivity index is 2.69. The first kappa shape index (κ1) is 13.2. The van der Waals surface area contributed by atoms with E-state index in [0.29, 0.717) is 6.04 Å². The molecule has 0 aliphatic rings. The van der Waals surface area contributed by atoms with E-state index in [1.54, 1.807) is 0 Å². The third-order valence-electron chi connectivity index (χ3n) is 2.98. The fourth-order valence-electron chi connectivity index (χ4n) is 2.21. The number of hydrogen-bond acceptors (Lipinski definition) is 2. The molecule has 92 valence electrons. The molecular weight excluding hydrogens is 198 g/mol. The minimum atomic E-state index is 0.200. The minimum Gasteiger partial charge on any atom is -0.305 e. The molecule has 1 N–H and O–H groups in total. The Morgan fingerprint density at radius 1 is 1.44 bits per heavy atom. The van der Waals surface area contributed by atoms with Gasteiger partial charge in [0.25, 0.3) is 0 Å². The number of nitrogens with zero attached hydrogens (tertiary/aromatic N) is 2. The van der Waals surface area contributed by atoms with Gasteiger partial charge >= 0.3 is 0 Å². The third-order valence-corrected chi connectivity index (χ3v) is 2.98. The average molecular weight is 223 g/mol. The second-order valence-corrected chi connectivity index (χ2v) is 5.19. The lowest BCUT2D eigenvalue weighted by Gasteiger charge is -2.31. The monoisotopic (exact) mass is 223 g/mol. The van der Waals surface area contributed by atoms with Gasteiger partial charge < -0.3 is 5.32 Å². The van der Waals surface area contributed by atoms with E-state index < -0.39 is 0 Å². The van der Waals surface area contributed by atoms with E-state index in [2.05, 4.69) is 44.3 Å². The van der Waals surface area contributed by atoms with Crippen molar-refractivity contribution in [1.82, 2.24) is 15.1 Å². The van der Waals surface area contributed by atoms with Crippen LogP contribution in [0.25, 0.3) is 0 Å². The largest absolute Gasteiger partial charge is 0.305 e. The van der Waals surface area contributed by atoms with Crippen LogP contribution >= 0.6 is 0 Å². The first-order valence-corrected chi connectivity index (χ1v) is 6.24. The Labute approximate surface area is 99.2 Å². The van der Waals surface area contributed by atoms with E-state index in [0.717, 1.165) is 6.42 Å². The normalized spacial score (nSPS) is 14.1. The van der Waals surface area contributed by atoms with Crippen molar-refractivity contribution < 1.29 is 0 Å². The van der Waals surface area contributed by atoms with Gasteiger partial charge in [0.2, 0.25) is 0 Å². The number of rotatable bonds is 6. The molecule has 1 heterocycles. The summed E-state index contributed by atoms with van der Waals surface area (Å²) in [5.74, 6) is 0. The predicted molar refractivity (Wildman–Crippen MR) is 68.4 cm³/mol. The van der Waals surface area contributed by atoms with Crippen LogP contribution in [0.3, 0.4) is 0 Å². The summed E-state index contributed by atoms with van der Waals surface area (Å²) >= 11 is 0. The molecule has 0 bridgehead atoms. The summed E-state index contributed by atoms with van der Waals surface area (Å²) < 4.78 is 1.87. The summed E-state index contributed by atoms with van der Waals surface area (Å²) in [4.78, 5) is 0. The zero-order valence-electron chi connectivity index (χ0n) is 11.2. The molecule has 1 aromatic rings. The van der Waals surface area contributed by atoms with Crippen molar-refractivity contribution in [3.63, 3.8) is 0 Å². The Morgan fingerprint density at radius 3 is 2.56 bits per heavy atom. The number of hydrogen-bond donors (Lipinski definition) is 1. The number of aromatic nitrogens is 2. The first-order valence-electron chi connectivity index (χ1n) is 6.24. The fourth-order valence-corrected chi connectivity index (χ4v) is 2.21. The van der Waals surface area contributed by atoms with Gasteiger partial charge in [0, 0.05) is 30.4 Å². The lowest BCUT2D eigenvalue weighted by Crippen LogP contribution is -2.41. The molecule has 16 heavy (non-hydrogen) atoms. The molecule has 0 aromatic carbocycles. The molecule has 1 unspecified atom stereocenters. The highest BCUT2D eigenvalue weighted by Crippen LogP contribution is 2.21. The van der Waals surface area contributed by atoms with Gasteiger partial charge in [-0.15, -0.1) is 0 Å². The maximum atomic E-state index is 4.24. The SMILES string of the molecule is CCCC(C)(C)NC(CC)c1cnn(C)c1. The van der Waals surface area contributed by atoms with Gasteiger partial charge in [-0.3, -0.25) is 4.68 Å². The summed E-state index contributed by atoms with van der Waals surface area (Å²) in [6.45, 7) is 8.99. The molecule has 0 aliphatic heterocycles. The van der Waals surface area contributed by atoms with E-state index in [-0.39, 0.29) is 5.54 Å². The highest BCUT2D eigenvalue weighted by molar-refractivity contribution is 5.11. The lowest BCUT2D eigenvalue weighted by molar-refractivity contribution is 0.309. The highest BCUT2D eigenvalue weighted by atomic mass is 15.2. The molecule has 0 spiro atoms. The molecule has 0 saturated carbocycles. The second-order valence-electron chi connectivity index (χ2n) is 5.19. The molecule has 3 heteroatoms. The highest BCUT2D eigenvalue weighted by Gasteiger charge is 2.21. The van der Waals surface area contributed by atoms with Crippen LogP contribution in [0.5, 0.6) is 0 Å². The standard InChI is InChI=1S/C13H25N3/c1-6-8-13(3,4)15-12(7-2)11-9-14-16(5)10-11/h9-10,12,15H,6-8H2,1-5H3. The minimum absolute atomic E-state index is 0.200. The van der Waals surface area contributed by atoms with Crippen LogP contribution in [-0.4, -0.2) is 15.3 Å². The topological polar surface area (TPSA) is 29.9 Å². The predicted octanol–water partition coefficient (Wildman–Crippen LogP) is 3.04. The zero-order valence-corrected chi connectivity index (χ0v) is 11.2. The summed E-state index contributed by atoms with van der Waals surface area (Å²) in [5.41, 5.74) is 1.49. The maximum Gasteiger partial charge on any atom is 0.0537 e. The van der Waals surface area contributed by atoms with Gasteiger partial charge in [-0.25, -0.2) is 0 Å². The zero-order chi connectivity index (χ0) is 12.2. The number of aryl methyl sites for hydroxylation is 1. The Hall–Kier alpha value is -0.830. The molecule has 0 aliphatic carbocycles. The number of nitrogens with one attached hydrogen (secondary N) is 1. The fraction of sp³-hybridized carbons (Fsp3) is 0.769. The van der Waals surface area contributed by atoms with Crippen LogP contribution in [-0.2, 0) is 7.05 Å². The Morgan fingerprint density at radius 2 is 2.12 bits per heavy atom. The van der Waals surface area contributed by atoms with Crippen molar-refractivity contribution in [3.05, 3.63) is 18.0 Å². The van der Waals surface area contributed by atoms with Crippen LogP contribution in [0.15, 0.2) is 12.4 Å². The smallest absolute Gasteiger partial charge is 0.0537 e. The summed E-state index contributed by atoms with van der Waals surface area (Å²) in [7, 11) is 1.97. The van der Waals surface area contributed by atoms with E-state index in [4.69, 9.17) is 0 Å². The molecule has 0 radical (unpaired) electrons. The van der Waals surface area contributed by atoms with Gasteiger partial charge in [0.1, 0.15) is 0 Å². The van der Waals surface area contributed by atoms with Crippen molar-refractivity contribution in [1.29, 1.82) is 0 Å². The molecule has 0 amide bonds. The molecular formula is C13H25N3. The van der Waals surface area contributed by atoms with Crippen LogP contribution in [0, 0.1) is 0 Å². The summed E-state index contributed by atoms with van der Waals surface area (Å²) in [6, 6.07) is 0.412. The van der Waals surface area contributed by atoms with Crippen molar-refractivity contribution in [3.8, 4) is 0 Å². The van der Waals surface area contributed by atoms with Crippen LogP contribution in [0.1, 0.15) is 58.6 Å². The van der Waals surface area contributed by atoms with Gasteiger partial charge in [-0.2, -0.15) is 5.10 Å². The first-order chi connectivity index (χ1) is 7.48. The van der Waals surface area contributed by atoms with Crippen LogP contribution in [0.2, 0.25) is 0 Å². The van der Waals surface area contributed by atoms with Crippen LogP contribution < -0.4 is 5.32 Å². The Kier molecular flexibility index (Phi) is 4.54. The van der Waals surface area contributed by atoms with Gasteiger partial charge in [0.05, 0.1) is 6.20 Å². The van der Waals surface area contributed by atoms with Crippen molar-refractivity contribution >= 4 is 0 Å². The molecule has 1 rings (SSSR count). The maximum absolute atomic E-state index is 4.24. The molecule has 3 nitrogen and oxygen atoms in total. The molecule has 0 saturated heterocycles. The van der Waals surface area contributed by atoms with Crippen LogP contribution in [0.4, 0.5) is 0 Å². The third kappa shape index (κ3) is 3.63. The van der Waals surface area contributed by atoms with E-state index in [1.807, 2.05) is 17.9 Å². The molecule has 1 atom stereocenters. The van der Waals surface area contributed by atoms with E-state index in [1.165, 1.54) is 18.4 Å². The van der Waals surface area contributed by atoms with Gasteiger partial charge in [-0.05, 0) is 26.7 Å².